The standard InChI is InChI=1S/C22H20N2O/c1-15-11-17(23-21-9-5-3-7-19(15)21)13-25-14-18-12-16(2)20-8-4-6-10-22(20)24-18/h3-12H,13-14H2,1-2H3. The van der Waals surface area contributed by atoms with Gasteiger partial charge in [-0.2, -0.15) is 0 Å². The number of benzene rings is 2. The molecule has 2 aromatic carbocycles. The van der Waals surface area contributed by atoms with Crippen LogP contribution in [-0.2, 0) is 18.0 Å². The average Bonchev–Trinajstić information content (AvgIpc) is 2.62. The summed E-state index contributed by atoms with van der Waals surface area (Å²) < 4.78 is 5.89. The zero-order chi connectivity index (χ0) is 17.2. The van der Waals surface area contributed by atoms with E-state index in [1.54, 1.807) is 0 Å². The van der Waals surface area contributed by atoms with Crippen LogP contribution in [0.4, 0.5) is 0 Å². The second kappa shape index (κ2) is 6.61. The van der Waals surface area contributed by atoms with Gasteiger partial charge in [0.15, 0.2) is 0 Å². The molecule has 0 aliphatic heterocycles. The van der Waals surface area contributed by atoms with Gasteiger partial charge in [0.05, 0.1) is 35.6 Å². The van der Waals surface area contributed by atoms with E-state index in [-0.39, 0.29) is 0 Å². The highest BCUT2D eigenvalue weighted by atomic mass is 16.5. The molecule has 2 heterocycles. The van der Waals surface area contributed by atoms with Crippen LogP contribution in [0.15, 0.2) is 60.7 Å². The molecule has 124 valence electrons. The maximum absolute atomic E-state index is 5.89. The summed E-state index contributed by atoms with van der Waals surface area (Å²) >= 11 is 0. The first-order chi connectivity index (χ1) is 12.2. The quantitative estimate of drug-likeness (QED) is 0.522. The fourth-order valence-corrected chi connectivity index (χ4v) is 3.25. The monoisotopic (exact) mass is 328 g/mol. The Morgan fingerprint density at radius 1 is 0.680 bits per heavy atom. The molecule has 3 nitrogen and oxygen atoms in total. The van der Waals surface area contributed by atoms with Crippen LogP contribution in [0.1, 0.15) is 22.5 Å². The van der Waals surface area contributed by atoms with Gasteiger partial charge < -0.3 is 4.74 Å². The molecule has 3 heteroatoms. The summed E-state index contributed by atoms with van der Waals surface area (Å²) in [5, 5.41) is 2.39. The van der Waals surface area contributed by atoms with Gasteiger partial charge in [-0.15, -0.1) is 0 Å². The molecule has 25 heavy (non-hydrogen) atoms. The Morgan fingerprint density at radius 3 is 1.60 bits per heavy atom. The Labute approximate surface area is 147 Å². The zero-order valence-corrected chi connectivity index (χ0v) is 14.5. The average molecular weight is 328 g/mol. The van der Waals surface area contributed by atoms with Crippen LogP contribution in [-0.4, -0.2) is 9.97 Å². The fourth-order valence-electron chi connectivity index (χ4n) is 3.25. The number of pyridine rings is 2. The molecule has 0 atom stereocenters. The van der Waals surface area contributed by atoms with E-state index in [2.05, 4.69) is 48.1 Å². The minimum Gasteiger partial charge on any atom is -0.369 e. The number of para-hydroxylation sites is 2. The third kappa shape index (κ3) is 3.24. The number of ether oxygens (including phenoxy) is 1. The number of aryl methyl sites for hydroxylation is 2. The van der Waals surface area contributed by atoms with E-state index < -0.39 is 0 Å². The highest BCUT2D eigenvalue weighted by Gasteiger charge is 2.05. The van der Waals surface area contributed by atoms with Crippen molar-refractivity contribution in [3.05, 3.63) is 83.2 Å². The summed E-state index contributed by atoms with van der Waals surface area (Å²) in [6, 6.07) is 20.6. The molecule has 0 unspecified atom stereocenters. The lowest BCUT2D eigenvalue weighted by molar-refractivity contribution is 0.102. The van der Waals surface area contributed by atoms with Crippen LogP contribution in [0.2, 0.25) is 0 Å². The van der Waals surface area contributed by atoms with Gasteiger partial charge in [0, 0.05) is 10.8 Å². The molecule has 0 aliphatic carbocycles. The maximum Gasteiger partial charge on any atom is 0.0893 e. The highest BCUT2D eigenvalue weighted by Crippen LogP contribution is 2.19. The van der Waals surface area contributed by atoms with Gasteiger partial charge in [0.25, 0.3) is 0 Å². The summed E-state index contributed by atoms with van der Waals surface area (Å²) in [5.74, 6) is 0. The molecular weight excluding hydrogens is 308 g/mol. The van der Waals surface area contributed by atoms with Crippen LogP contribution in [0.3, 0.4) is 0 Å². The fraction of sp³-hybridized carbons (Fsp3) is 0.182. The molecule has 0 aliphatic rings. The van der Waals surface area contributed by atoms with Crippen molar-refractivity contribution in [2.75, 3.05) is 0 Å². The third-order valence-electron chi connectivity index (χ3n) is 4.45. The van der Waals surface area contributed by atoms with E-state index in [9.17, 15) is 0 Å². The number of rotatable bonds is 4. The third-order valence-corrected chi connectivity index (χ3v) is 4.45. The molecule has 0 radical (unpaired) electrons. The second-order valence-electron chi connectivity index (χ2n) is 6.39. The van der Waals surface area contributed by atoms with Crippen molar-refractivity contribution in [1.82, 2.24) is 9.97 Å². The van der Waals surface area contributed by atoms with Crippen molar-refractivity contribution >= 4 is 21.8 Å². The molecule has 0 saturated heterocycles. The van der Waals surface area contributed by atoms with Crippen LogP contribution in [0.25, 0.3) is 21.8 Å². The maximum atomic E-state index is 5.89. The van der Waals surface area contributed by atoms with Crippen molar-refractivity contribution < 1.29 is 4.74 Å². The summed E-state index contributed by atoms with van der Waals surface area (Å²) in [7, 11) is 0. The van der Waals surface area contributed by atoms with Gasteiger partial charge >= 0.3 is 0 Å². The predicted octanol–water partition coefficient (Wildman–Crippen LogP) is 5.12. The Balaban J connectivity index is 1.51. The summed E-state index contributed by atoms with van der Waals surface area (Å²) in [6.07, 6.45) is 0. The smallest absolute Gasteiger partial charge is 0.0893 e. The summed E-state index contributed by atoms with van der Waals surface area (Å²) in [5.41, 5.74) is 6.39. The lowest BCUT2D eigenvalue weighted by atomic mass is 10.1. The van der Waals surface area contributed by atoms with E-state index >= 15 is 0 Å². The topological polar surface area (TPSA) is 35.0 Å². The van der Waals surface area contributed by atoms with E-state index in [1.807, 2.05) is 36.4 Å². The van der Waals surface area contributed by atoms with Gasteiger partial charge in [0.1, 0.15) is 0 Å². The Bertz CT molecular complexity index is 971. The number of hydrogen-bond acceptors (Lipinski definition) is 3. The van der Waals surface area contributed by atoms with E-state index in [0.29, 0.717) is 13.2 Å². The molecule has 0 bridgehead atoms. The first-order valence-corrected chi connectivity index (χ1v) is 8.49. The van der Waals surface area contributed by atoms with Crippen LogP contribution in [0.5, 0.6) is 0 Å². The Kier molecular flexibility index (Phi) is 4.16. The molecule has 0 saturated carbocycles. The Hall–Kier alpha value is -2.78. The molecular formula is C22H20N2O. The van der Waals surface area contributed by atoms with Crippen molar-refractivity contribution in [2.24, 2.45) is 0 Å². The highest BCUT2D eigenvalue weighted by molar-refractivity contribution is 5.82. The van der Waals surface area contributed by atoms with Gasteiger partial charge in [-0.3, -0.25) is 9.97 Å². The van der Waals surface area contributed by atoms with Gasteiger partial charge in [-0.1, -0.05) is 36.4 Å². The van der Waals surface area contributed by atoms with Crippen molar-refractivity contribution in [3.8, 4) is 0 Å². The number of hydrogen-bond donors (Lipinski definition) is 0. The van der Waals surface area contributed by atoms with Gasteiger partial charge in [-0.25, -0.2) is 0 Å². The Morgan fingerprint density at radius 2 is 1.12 bits per heavy atom. The van der Waals surface area contributed by atoms with Crippen LogP contribution in [0, 0.1) is 13.8 Å². The minimum absolute atomic E-state index is 0.485. The molecule has 2 aromatic heterocycles. The van der Waals surface area contributed by atoms with Crippen molar-refractivity contribution in [1.29, 1.82) is 0 Å². The first-order valence-electron chi connectivity index (χ1n) is 8.49. The molecule has 4 rings (SSSR count). The molecule has 4 aromatic rings. The zero-order valence-electron chi connectivity index (χ0n) is 14.5. The normalized spacial score (nSPS) is 11.3. The van der Waals surface area contributed by atoms with Crippen molar-refractivity contribution in [2.45, 2.75) is 27.1 Å². The minimum atomic E-state index is 0.485. The summed E-state index contributed by atoms with van der Waals surface area (Å²) in [4.78, 5) is 9.38. The molecule has 0 fully saturated rings. The summed E-state index contributed by atoms with van der Waals surface area (Å²) in [6.45, 7) is 5.20. The first kappa shape index (κ1) is 15.7. The van der Waals surface area contributed by atoms with E-state index in [1.165, 1.54) is 21.9 Å². The van der Waals surface area contributed by atoms with Gasteiger partial charge in [0.2, 0.25) is 0 Å². The largest absolute Gasteiger partial charge is 0.369 e. The van der Waals surface area contributed by atoms with Crippen molar-refractivity contribution in [3.63, 3.8) is 0 Å². The second-order valence-corrected chi connectivity index (χ2v) is 6.39. The van der Waals surface area contributed by atoms with E-state index in [0.717, 1.165) is 22.4 Å². The molecule has 0 N–H and O–H groups in total. The lowest BCUT2D eigenvalue weighted by Crippen LogP contribution is -2.00. The SMILES string of the molecule is Cc1cc(COCc2cc(C)c3ccccc3n2)nc2ccccc12. The van der Waals surface area contributed by atoms with Gasteiger partial charge in [-0.05, 0) is 49.2 Å². The van der Waals surface area contributed by atoms with Crippen LogP contribution >= 0.6 is 0 Å². The number of fused-ring (bicyclic) bond motifs is 2. The lowest BCUT2D eigenvalue weighted by Gasteiger charge is -2.09. The predicted molar refractivity (Wildman–Crippen MR) is 101 cm³/mol. The van der Waals surface area contributed by atoms with Crippen LogP contribution < -0.4 is 0 Å². The molecule has 0 amide bonds. The van der Waals surface area contributed by atoms with E-state index in [4.69, 9.17) is 4.74 Å². The number of nitrogens with zero attached hydrogens (tertiary/aromatic N) is 2. The number of aromatic nitrogens is 2. The molecule has 0 spiro atoms.